The number of carbonyl (C=O) groups excluding carboxylic acids is 1. The predicted molar refractivity (Wildman–Crippen MR) is 196 cm³/mol. The van der Waals surface area contributed by atoms with Gasteiger partial charge in [-0.25, -0.2) is 4.99 Å². The van der Waals surface area contributed by atoms with E-state index in [1.807, 2.05) is 84.9 Å². The van der Waals surface area contributed by atoms with Crippen molar-refractivity contribution in [3.8, 4) is 6.07 Å². The van der Waals surface area contributed by atoms with Crippen LogP contribution in [-0.2, 0) is 4.79 Å². The van der Waals surface area contributed by atoms with Gasteiger partial charge in [-0.1, -0.05) is 57.4 Å². The summed E-state index contributed by atoms with van der Waals surface area (Å²) in [6.07, 6.45) is 7.11. The van der Waals surface area contributed by atoms with Crippen LogP contribution in [0.15, 0.2) is 58.7 Å². The molecule has 1 heterocycles. The summed E-state index contributed by atoms with van der Waals surface area (Å²) in [5.74, 6) is -0.0840. The van der Waals surface area contributed by atoms with Gasteiger partial charge in [-0.15, -0.1) is 0 Å². The monoisotopic (exact) mass is 621 g/mol. The Labute approximate surface area is 274 Å². The van der Waals surface area contributed by atoms with Crippen LogP contribution in [0.3, 0.4) is 0 Å². The standard InChI is InChI=1S/C33H39N7O.C5H12/c1-8-21(6)29-30-25(17-35)26(36)11-12-27(30)40-31(29)32(33(37)41)38-22(7)24-10-9-19(4)15-28(24)39-23(13-18(2)3)14-20(5)16-34;1-4-5(2)3/h9-15,17,20,35,39-40H,8,36H2,1-7H3,(H2,37,41);5H,4H2,1-3H3/b23-14+,29-21+,32-31+,35-17?,38-22?;. The number of hydrogen-bond donors (Lipinski definition) is 5. The summed E-state index contributed by atoms with van der Waals surface area (Å²) in [7, 11) is 0. The lowest BCUT2D eigenvalue weighted by Gasteiger charge is -2.15. The molecule has 2 aromatic carbocycles. The fourth-order valence-electron chi connectivity index (χ4n) is 4.71. The van der Waals surface area contributed by atoms with Crippen molar-refractivity contribution in [1.29, 1.82) is 10.7 Å². The average molecular weight is 622 g/mol. The second kappa shape index (κ2) is 17.0. The van der Waals surface area contributed by atoms with Crippen molar-refractivity contribution < 1.29 is 4.79 Å². The summed E-state index contributed by atoms with van der Waals surface area (Å²) in [6.45, 7) is 20.3. The van der Waals surface area contributed by atoms with Crippen LogP contribution in [0.2, 0.25) is 0 Å². The van der Waals surface area contributed by atoms with Gasteiger partial charge in [0.25, 0.3) is 5.91 Å². The Morgan fingerprint density at radius 2 is 1.78 bits per heavy atom. The second-order valence-electron chi connectivity index (χ2n) is 12.3. The van der Waals surface area contributed by atoms with Crippen LogP contribution in [-0.4, -0.2) is 22.8 Å². The first-order valence-electron chi connectivity index (χ1n) is 15.8. The number of carbonyl (C=O) groups is 1. The lowest BCUT2D eigenvalue weighted by molar-refractivity contribution is -0.113. The van der Waals surface area contributed by atoms with E-state index in [2.05, 4.69) is 37.1 Å². The minimum absolute atomic E-state index is 0.0840. The molecule has 3 aromatic rings. The van der Waals surface area contributed by atoms with Gasteiger partial charge in [0, 0.05) is 56.2 Å². The van der Waals surface area contributed by atoms with Crippen LogP contribution >= 0.6 is 0 Å². The number of nitrogen functional groups attached to an aromatic ring is 1. The molecule has 1 aromatic heterocycles. The number of nitrogens with two attached hydrogens (primary N) is 2. The van der Waals surface area contributed by atoms with Crippen LogP contribution in [0.5, 0.6) is 0 Å². The SMILES string of the molecule is CC/C(C)=c1/c(=C(\N=C(C)c2ccc(C)cc2N/C(C=C(C)C)=C/C(C)C#N)C(N)=O)[nH]c2ccc(N)c(C=N)c12.CCC(C)C. The highest BCUT2D eigenvalue weighted by atomic mass is 16.1. The molecule has 8 nitrogen and oxygen atoms in total. The fraction of sp³-hybridized carbons (Fsp3) is 0.368. The maximum atomic E-state index is 12.9. The molecule has 244 valence electrons. The molecule has 0 radical (unpaired) electrons. The van der Waals surface area contributed by atoms with E-state index >= 15 is 0 Å². The van der Waals surface area contributed by atoms with E-state index in [1.54, 1.807) is 6.07 Å². The molecule has 8 heteroatoms. The van der Waals surface area contributed by atoms with E-state index in [-0.39, 0.29) is 11.6 Å². The van der Waals surface area contributed by atoms with Gasteiger partial charge in [0.15, 0.2) is 5.70 Å². The first-order valence-corrected chi connectivity index (χ1v) is 15.8. The Balaban J connectivity index is 0.00000136. The normalized spacial score (nSPS) is 13.7. The number of fused-ring (bicyclic) bond motifs is 1. The number of aryl methyl sites for hydroxylation is 1. The lowest BCUT2D eigenvalue weighted by Crippen LogP contribution is -2.32. The van der Waals surface area contributed by atoms with Gasteiger partial charge in [0.2, 0.25) is 0 Å². The average Bonchev–Trinajstić information content (AvgIpc) is 3.38. The van der Waals surface area contributed by atoms with Gasteiger partial charge >= 0.3 is 0 Å². The zero-order valence-corrected chi connectivity index (χ0v) is 29.1. The quantitative estimate of drug-likeness (QED) is 0.0920. The predicted octanol–water partition coefficient (Wildman–Crippen LogP) is 7.21. The molecule has 7 N–H and O–H groups in total. The van der Waals surface area contributed by atoms with E-state index < -0.39 is 5.91 Å². The summed E-state index contributed by atoms with van der Waals surface area (Å²) in [5.41, 5.74) is 20.1. The van der Waals surface area contributed by atoms with Gasteiger partial charge in [0.05, 0.1) is 17.3 Å². The minimum Gasteiger partial charge on any atom is -0.398 e. The largest absolute Gasteiger partial charge is 0.398 e. The molecule has 0 aliphatic carbocycles. The third-order valence-corrected chi connectivity index (χ3v) is 7.63. The third kappa shape index (κ3) is 9.55. The highest BCUT2D eigenvalue weighted by molar-refractivity contribution is 6.17. The molecule has 0 aliphatic rings. The van der Waals surface area contributed by atoms with Crippen molar-refractivity contribution in [3.05, 3.63) is 81.0 Å². The zero-order valence-electron chi connectivity index (χ0n) is 29.1. The van der Waals surface area contributed by atoms with Crippen LogP contribution in [0.4, 0.5) is 11.4 Å². The summed E-state index contributed by atoms with van der Waals surface area (Å²) >= 11 is 0. The summed E-state index contributed by atoms with van der Waals surface area (Å²) in [5, 5.41) is 22.9. The van der Waals surface area contributed by atoms with Crippen LogP contribution in [0.1, 0.15) is 91.8 Å². The zero-order chi connectivity index (χ0) is 34.7. The highest BCUT2D eigenvalue weighted by Gasteiger charge is 2.16. The number of nitrogens with one attached hydrogen (secondary N) is 3. The number of H-pyrrole nitrogens is 1. The fourth-order valence-corrected chi connectivity index (χ4v) is 4.71. The van der Waals surface area contributed by atoms with E-state index in [1.165, 1.54) is 12.6 Å². The Bertz CT molecular complexity index is 1840. The van der Waals surface area contributed by atoms with E-state index in [0.717, 1.165) is 55.7 Å². The number of nitriles is 1. The summed E-state index contributed by atoms with van der Waals surface area (Å²) < 4.78 is 0. The molecular weight excluding hydrogens is 570 g/mol. The van der Waals surface area contributed by atoms with Crippen LogP contribution in [0, 0.1) is 35.5 Å². The number of allylic oxidation sites excluding steroid dienone is 3. The molecule has 0 bridgehead atoms. The molecular formula is C38H51N7O. The smallest absolute Gasteiger partial charge is 0.269 e. The van der Waals surface area contributed by atoms with Crippen LogP contribution in [0.25, 0.3) is 22.2 Å². The first-order chi connectivity index (χ1) is 21.7. The Morgan fingerprint density at radius 3 is 2.30 bits per heavy atom. The van der Waals surface area contributed by atoms with Crippen molar-refractivity contribution in [2.24, 2.45) is 22.6 Å². The summed E-state index contributed by atoms with van der Waals surface area (Å²) in [6, 6.07) is 11.8. The Kier molecular flexibility index (Phi) is 13.8. The first kappa shape index (κ1) is 37.3. The molecule has 0 saturated carbocycles. The van der Waals surface area contributed by atoms with Gasteiger partial charge in [-0.05, 0) is 89.8 Å². The molecule has 0 fully saturated rings. The van der Waals surface area contributed by atoms with Gasteiger partial charge in [-0.3, -0.25) is 4.79 Å². The third-order valence-electron chi connectivity index (χ3n) is 7.63. The maximum absolute atomic E-state index is 12.9. The maximum Gasteiger partial charge on any atom is 0.269 e. The number of nitrogens with zero attached hydrogens (tertiary/aromatic N) is 2. The summed E-state index contributed by atoms with van der Waals surface area (Å²) in [4.78, 5) is 21.1. The van der Waals surface area contributed by atoms with E-state index in [0.29, 0.717) is 28.7 Å². The van der Waals surface area contributed by atoms with Crippen molar-refractivity contribution in [2.45, 2.75) is 82.1 Å². The molecule has 1 atom stereocenters. The van der Waals surface area contributed by atoms with Gasteiger partial charge in [-0.2, -0.15) is 5.26 Å². The number of aromatic nitrogens is 1. The number of benzene rings is 2. The van der Waals surface area contributed by atoms with Crippen molar-refractivity contribution in [3.63, 3.8) is 0 Å². The lowest BCUT2D eigenvalue weighted by atomic mass is 10.0. The van der Waals surface area contributed by atoms with Crippen LogP contribution < -0.4 is 27.4 Å². The number of rotatable bonds is 10. The molecule has 1 amide bonds. The Morgan fingerprint density at radius 1 is 1.13 bits per heavy atom. The molecule has 0 saturated heterocycles. The second-order valence-corrected chi connectivity index (χ2v) is 12.3. The van der Waals surface area contributed by atoms with Crippen molar-refractivity contribution in [2.75, 3.05) is 11.1 Å². The van der Waals surface area contributed by atoms with Crippen molar-refractivity contribution >= 4 is 51.4 Å². The number of amides is 1. The molecule has 3 rings (SSSR count). The van der Waals surface area contributed by atoms with Gasteiger partial charge in [0.1, 0.15) is 0 Å². The highest BCUT2D eigenvalue weighted by Crippen LogP contribution is 2.23. The topological polar surface area (TPSA) is 157 Å². The van der Waals surface area contributed by atoms with E-state index in [4.69, 9.17) is 21.9 Å². The number of primary amides is 1. The van der Waals surface area contributed by atoms with E-state index in [9.17, 15) is 10.1 Å². The van der Waals surface area contributed by atoms with Gasteiger partial charge < -0.3 is 27.2 Å². The Hall–Kier alpha value is -4.90. The number of aliphatic imine (C=N–C) groups is 1. The molecule has 0 spiro atoms. The number of aromatic amines is 1. The van der Waals surface area contributed by atoms with Crippen molar-refractivity contribution in [1.82, 2.24) is 4.98 Å². The molecule has 0 aliphatic heterocycles. The number of anilines is 2. The number of hydrogen-bond acceptors (Lipinski definition) is 6. The molecule has 46 heavy (non-hydrogen) atoms. The molecule has 1 unspecified atom stereocenters. The minimum atomic E-state index is -0.681.